The summed E-state index contributed by atoms with van der Waals surface area (Å²) in [4.78, 5) is 56.1. The first-order valence-electron chi connectivity index (χ1n) is 17.2. The van der Waals surface area contributed by atoms with Gasteiger partial charge in [0.25, 0.3) is 5.91 Å². The van der Waals surface area contributed by atoms with Crippen LogP contribution in [0.25, 0.3) is 10.2 Å². The van der Waals surface area contributed by atoms with E-state index >= 15 is 0 Å². The average Bonchev–Trinajstić information content (AvgIpc) is 3.87. The maximum atomic E-state index is 14.3. The summed E-state index contributed by atoms with van der Waals surface area (Å²) in [5.74, 6) is -1.98. The second-order valence-corrected chi connectivity index (χ2v) is 17.3. The van der Waals surface area contributed by atoms with Crippen LogP contribution in [-0.4, -0.2) is 61.3 Å². The maximum absolute atomic E-state index is 14.3. The largest absolute Gasteiger partial charge is 0.477 e. The summed E-state index contributed by atoms with van der Waals surface area (Å²) in [6.07, 6.45) is 0.137. The molecule has 2 amide bonds. The van der Waals surface area contributed by atoms with Crippen LogP contribution in [-0.2, 0) is 30.6 Å². The Bertz CT molecular complexity index is 2400. The fraction of sp³-hybridized carbons (Fsp3) is 0.150. The van der Waals surface area contributed by atoms with Crippen LogP contribution in [0.2, 0.25) is 0 Å². The minimum atomic E-state index is -1.28. The number of nitrogens with one attached hydrogen (secondary N) is 2. The number of halogens is 1. The third-order valence-electron chi connectivity index (χ3n) is 9.26. The number of para-hydroxylation sites is 1. The number of aliphatic carboxylic acids is 1. The number of aromatic nitrogens is 2. The molecule has 4 aromatic carbocycles. The Labute approximate surface area is 342 Å². The number of thiazole rings is 2. The molecule has 282 valence electrons. The highest BCUT2D eigenvalue weighted by Gasteiger charge is 2.50. The molecule has 0 bridgehead atoms. The predicted octanol–water partition coefficient (Wildman–Crippen LogP) is 8.08. The number of β-lactam (4-membered cyclic amide) rings is 1. The van der Waals surface area contributed by atoms with Crippen molar-refractivity contribution in [3.8, 4) is 0 Å². The zero-order valence-corrected chi connectivity index (χ0v) is 33.4. The number of hydrogen-bond acceptors (Lipinski definition) is 12. The fourth-order valence-electron chi connectivity index (χ4n) is 6.73. The number of alkyl halides is 1. The van der Waals surface area contributed by atoms with Crippen LogP contribution in [0, 0.1) is 0 Å². The first kappa shape index (κ1) is 37.7. The molecular formula is C40H31ClN6O5S4. The minimum Gasteiger partial charge on any atom is -0.477 e. The van der Waals surface area contributed by atoms with Gasteiger partial charge in [-0.1, -0.05) is 120 Å². The van der Waals surface area contributed by atoms with Gasteiger partial charge in [-0.2, -0.15) is 0 Å². The number of carbonyl (C=O) groups is 3. The Balaban J connectivity index is 1.13. The van der Waals surface area contributed by atoms with E-state index < -0.39 is 28.2 Å². The highest BCUT2D eigenvalue weighted by atomic mass is 35.5. The fourth-order valence-corrected chi connectivity index (χ4v) is 11.5. The Kier molecular flexibility index (Phi) is 10.9. The number of carboxylic acids is 1. The smallest absolute Gasteiger partial charge is 0.353 e. The van der Waals surface area contributed by atoms with Crippen molar-refractivity contribution in [1.29, 1.82) is 0 Å². The van der Waals surface area contributed by atoms with Crippen molar-refractivity contribution >= 4 is 96.6 Å². The maximum Gasteiger partial charge on any atom is 0.353 e. The van der Waals surface area contributed by atoms with E-state index in [4.69, 9.17) is 26.4 Å². The highest BCUT2D eigenvalue weighted by Crippen LogP contribution is 2.49. The van der Waals surface area contributed by atoms with Gasteiger partial charge >= 0.3 is 5.97 Å². The zero-order chi connectivity index (χ0) is 38.8. The lowest BCUT2D eigenvalue weighted by Crippen LogP contribution is -2.57. The van der Waals surface area contributed by atoms with E-state index in [0.717, 1.165) is 38.7 Å². The van der Waals surface area contributed by atoms with Gasteiger partial charge in [-0.05, 0) is 28.3 Å². The number of fused-ring (bicyclic) bond motifs is 2. The van der Waals surface area contributed by atoms with Gasteiger partial charge in [0.1, 0.15) is 29.4 Å². The molecule has 2 atom stereocenters. The third kappa shape index (κ3) is 7.05. The number of amides is 2. The van der Waals surface area contributed by atoms with E-state index in [1.165, 1.54) is 46.4 Å². The summed E-state index contributed by atoms with van der Waals surface area (Å²) in [6.45, 7) is 0. The van der Waals surface area contributed by atoms with Gasteiger partial charge in [-0.15, -0.1) is 46.0 Å². The quantitative estimate of drug-likeness (QED) is 0.0343. The molecule has 1 unspecified atom stereocenters. The van der Waals surface area contributed by atoms with Crippen molar-refractivity contribution in [2.45, 2.75) is 32.9 Å². The van der Waals surface area contributed by atoms with Crippen molar-refractivity contribution in [3.05, 3.63) is 153 Å². The number of benzene rings is 4. The van der Waals surface area contributed by atoms with E-state index in [1.54, 1.807) is 5.38 Å². The Morgan fingerprint density at radius 2 is 1.61 bits per heavy atom. The molecule has 1 saturated heterocycles. The number of rotatable bonds is 13. The molecule has 1 fully saturated rings. The summed E-state index contributed by atoms with van der Waals surface area (Å²) in [5.41, 5.74) is 3.58. The minimum absolute atomic E-state index is 0.109. The SMILES string of the molecule is CON=C(C(=O)NC1S[C@H]2CC(=O)N2C(C(=O)O)=C1Sc1nc2c(CCl)cccc2s1)c1csc(NC(c2ccccc2)(c2ccccc2)c2ccccc2)n1. The topological polar surface area (TPSA) is 146 Å². The molecule has 0 spiro atoms. The van der Waals surface area contributed by atoms with Crippen molar-refractivity contribution in [2.75, 3.05) is 12.4 Å². The molecule has 2 aliphatic heterocycles. The van der Waals surface area contributed by atoms with Gasteiger partial charge in [0.05, 0.1) is 26.9 Å². The molecule has 4 heterocycles. The lowest BCUT2D eigenvalue weighted by atomic mass is 9.77. The van der Waals surface area contributed by atoms with Gasteiger partial charge in [-0.25, -0.2) is 14.8 Å². The molecule has 56 heavy (non-hydrogen) atoms. The summed E-state index contributed by atoms with van der Waals surface area (Å²) in [7, 11) is 1.34. The number of thioether (sulfide) groups is 2. The van der Waals surface area contributed by atoms with Crippen LogP contribution in [0.5, 0.6) is 0 Å². The van der Waals surface area contributed by atoms with Crippen molar-refractivity contribution in [1.82, 2.24) is 20.2 Å². The predicted molar refractivity (Wildman–Crippen MR) is 223 cm³/mol. The van der Waals surface area contributed by atoms with Crippen molar-refractivity contribution in [3.63, 3.8) is 0 Å². The summed E-state index contributed by atoms with van der Waals surface area (Å²) in [6, 6.07) is 35.9. The Morgan fingerprint density at radius 3 is 2.18 bits per heavy atom. The number of carboxylic acid groups (broad SMARTS) is 1. The molecule has 0 saturated carbocycles. The first-order valence-corrected chi connectivity index (χ1v) is 21.2. The first-order chi connectivity index (χ1) is 27.3. The van der Waals surface area contributed by atoms with Crippen LogP contribution in [0.3, 0.4) is 0 Å². The number of hydrogen-bond donors (Lipinski definition) is 3. The summed E-state index contributed by atoms with van der Waals surface area (Å²) >= 11 is 11.2. The molecule has 0 aliphatic carbocycles. The van der Waals surface area contributed by atoms with E-state index in [-0.39, 0.29) is 40.2 Å². The van der Waals surface area contributed by atoms with Crippen LogP contribution in [0.15, 0.2) is 135 Å². The molecule has 0 radical (unpaired) electrons. The number of oxime groups is 1. The molecular weight excluding hydrogens is 808 g/mol. The lowest BCUT2D eigenvalue weighted by Gasteiger charge is -2.46. The van der Waals surface area contributed by atoms with Crippen LogP contribution < -0.4 is 10.6 Å². The molecule has 6 aromatic rings. The van der Waals surface area contributed by atoms with E-state index in [0.29, 0.717) is 15.0 Å². The number of nitrogens with zero attached hydrogens (tertiary/aromatic N) is 4. The van der Waals surface area contributed by atoms with Gasteiger partial charge < -0.3 is 20.6 Å². The van der Waals surface area contributed by atoms with Crippen molar-refractivity contribution in [2.24, 2.45) is 5.16 Å². The van der Waals surface area contributed by atoms with E-state index in [2.05, 4.69) is 52.2 Å². The normalized spacial score (nSPS) is 17.0. The van der Waals surface area contributed by atoms with Gasteiger partial charge in [-0.3, -0.25) is 14.5 Å². The zero-order valence-electron chi connectivity index (χ0n) is 29.4. The van der Waals surface area contributed by atoms with Gasteiger partial charge in [0.15, 0.2) is 15.2 Å². The van der Waals surface area contributed by atoms with Crippen LogP contribution >= 0.6 is 57.8 Å². The monoisotopic (exact) mass is 838 g/mol. The third-order valence-corrected chi connectivity index (χ3v) is 14.0. The second kappa shape index (κ2) is 16.1. The lowest BCUT2D eigenvalue weighted by molar-refractivity contribution is -0.146. The Morgan fingerprint density at radius 1 is 0.964 bits per heavy atom. The molecule has 11 nitrogen and oxygen atoms in total. The standard InChI is InChI=1S/C40H31ClN6O5S4/c1-52-46-32(27-22-53-38(42-27)45-40(24-13-5-2-6-14-24,25-15-7-3-8-16-25)26-17-9-4-10-18-26)35(49)44-36-34(33(37(50)51)47-29(48)20-30(47)55-36)56-39-43-31-23(21-41)12-11-19-28(31)54-39/h2-19,22,30,36H,20-21H2,1H3,(H,42,45)(H,44,49)(H,50,51)/t30-,36?/m0/s1. The van der Waals surface area contributed by atoms with E-state index in [9.17, 15) is 19.5 Å². The summed E-state index contributed by atoms with van der Waals surface area (Å²) in [5, 5.41) is 22.1. The van der Waals surface area contributed by atoms with Gasteiger partial charge in [0.2, 0.25) is 5.91 Å². The molecule has 8 rings (SSSR count). The Hall–Kier alpha value is -5.19. The number of carbonyl (C=O) groups excluding carboxylic acids is 2. The summed E-state index contributed by atoms with van der Waals surface area (Å²) < 4.78 is 1.42. The average molecular weight is 839 g/mol. The van der Waals surface area contributed by atoms with Crippen LogP contribution in [0.4, 0.5) is 5.13 Å². The van der Waals surface area contributed by atoms with Gasteiger partial charge in [0, 0.05) is 11.3 Å². The highest BCUT2D eigenvalue weighted by molar-refractivity contribution is 8.07. The molecule has 2 aliphatic rings. The molecule has 3 N–H and O–H groups in total. The van der Waals surface area contributed by atoms with Crippen LogP contribution in [0.1, 0.15) is 34.4 Å². The molecule has 16 heteroatoms. The van der Waals surface area contributed by atoms with Crippen molar-refractivity contribution < 1.29 is 24.3 Å². The molecule has 2 aromatic heterocycles. The second-order valence-electron chi connectivity index (χ2n) is 12.5. The van der Waals surface area contributed by atoms with E-state index in [1.807, 2.05) is 72.8 Å². The number of anilines is 1.